The Morgan fingerprint density at radius 3 is 2.39 bits per heavy atom. The number of piperidine rings is 1. The maximum absolute atomic E-state index is 12.7. The second-order valence-electron chi connectivity index (χ2n) is 9.28. The number of carbonyl (C=O) groups excluding carboxylic acids is 1. The summed E-state index contributed by atoms with van der Waals surface area (Å²) in [6, 6.07) is 6.36. The number of amides is 1. The van der Waals surface area contributed by atoms with Gasteiger partial charge in [-0.2, -0.15) is 26.3 Å². The maximum atomic E-state index is 12.7. The molecule has 0 saturated carbocycles. The van der Waals surface area contributed by atoms with E-state index in [1.165, 1.54) is 16.7 Å². The third kappa shape index (κ3) is 5.40. The van der Waals surface area contributed by atoms with Crippen LogP contribution < -0.4 is 5.32 Å². The number of hydrogen-bond donors (Lipinski definition) is 1. The predicted molar refractivity (Wildman–Crippen MR) is 107 cm³/mol. The van der Waals surface area contributed by atoms with E-state index in [1.807, 2.05) is 0 Å². The van der Waals surface area contributed by atoms with Crippen molar-refractivity contribution in [3.63, 3.8) is 0 Å². The molecule has 1 N–H and O–H groups in total. The Labute approximate surface area is 188 Å². The van der Waals surface area contributed by atoms with Crippen LogP contribution in [-0.4, -0.2) is 67.1 Å². The molecule has 3 aliphatic rings. The van der Waals surface area contributed by atoms with Crippen LogP contribution in [0.2, 0.25) is 0 Å². The van der Waals surface area contributed by atoms with Crippen molar-refractivity contribution < 1.29 is 35.9 Å². The number of hydrogen-bond acceptors (Lipinski definition) is 4. The van der Waals surface area contributed by atoms with E-state index in [0.29, 0.717) is 12.8 Å². The summed E-state index contributed by atoms with van der Waals surface area (Å²) in [6.45, 7) is 4.44. The van der Waals surface area contributed by atoms with Gasteiger partial charge in [0.25, 0.3) is 6.10 Å². The van der Waals surface area contributed by atoms with Gasteiger partial charge in [0, 0.05) is 32.7 Å². The molecule has 0 bridgehead atoms. The molecule has 1 spiro atoms. The molecule has 5 nitrogen and oxygen atoms in total. The van der Waals surface area contributed by atoms with E-state index in [9.17, 15) is 31.1 Å². The number of nitrogens with zero attached hydrogens (tertiary/aromatic N) is 2. The minimum atomic E-state index is -5.71. The highest BCUT2D eigenvalue weighted by Gasteiger charge is 2.60. The van der Waals surface area contributed by atoms with Crippen molar-refractivity contribution >= 4 is 6.09 Å². The molecule has 3 heterocycles. The molecule has 0 radical (unpaired) electrons. The van der Waals surface area contributed by atoms with Gasteiger partial charge < -0.3 is 15.0 Å². The molecule has 1 aromatic carbocycles. The molecule has 11 heteroatoms. The van der Waals surface area contributed by atoms with Crippen molar-refractivity contribution in [3.05, 3.63) is 34.9 Å². The first kappa shape index (κ1) is 24.1. The lowest BCUT2D eigenvalue weighted by molar-refractivity contribution is -0.308. The molecule has 0 aromatic heterocycles. The van der Waals surface area contributed by atoms with Crippen LogP contribution >= 0.6 is 0 Å². The van der Waals surface area contributed by atoms with E-state index in [0.717, 1.165) is 50.5 Å². The van der Waals surface area contributed by atoms with Crippen molar-refractivity contribution in [3.8, 4) is 0 Å². The first-order valence-corrected chi connectivity index (χ1v) is 11.1. The van der Waals surface area contributed by atoms with Gasteiger partial charge in [0.1, 0.15) is 0 Å². The minimum absolute atomic E-state index is 0.0831. The average Bonchev–Trinajstić information content (AvgIpc) is 3.13. The topological polar surface area (TPSA) is 44.8 Å². The van der Waals surface area contributed by atoms with Gasteiger partial charge in [-0.3, -0.25) is 4.90 Å². The van der Waals surface area contributed by atoms with Gasteiger partial charge in [0.2, 0.25) is 0 Å². The van der Waals surface area contributed by atoms with E-state index >= 15 is 0 Å². The van der Waals surface area contributed by atoms with Crippen LogP contribution in [0.1, 0.15) is 36.0 Å². The van der Waals surface area contributed by atoms with Gasteiger partial charge in [0.15, 0.2) is 0 Å². The monoisotopic (exact) mass is 479 g/mol. The summed E-state index contributed by atoms with van der Waals surface area (Å²) in [5, 5.41) is 3.40. The molecule has 3 aliphatic heterocycles. The van der Waals surface area contributed by atoms with Crippen LogP contribution in [0.3, 0.4) is 0 Å². The lowest BCUT2D eigenvalue weighted by Crippen LogP contribution is -2.50. The van der Waals surface area contributed by atoms with Crippen LogP contribution in [0, 0.1) is 5.41 Å². The largest absolute Gasteiger partial charge is 0.434 e. The zero-order valence-electron chi connectivity index (χ0n) is 18.1. The molecule has 4 rings (SSSR count). The molecule has 0 aliphatic carbocycles. The third-order valence-electron chi connectivity index (χ3n) is 7.05. The van der Waals surface area contributed by atoms with Crippen molar-refractivity contribution in [2.24, 2.45) is 5.41 Å². The molecule has 0 unspecified atom stereocenters. The Kier molecular flexibility index (Phi) is 6.56. The SMILES string of the molecule is O=C(OC(C(F)(F)F)C(F)(F)F)N1CCC2(CCN(Cc3cccc4c3CNCC4)C2)CC1. The van der Waals surface area contributed by atoms with Crippen LogP contribution in [0.4, 0.5) is 31.1 Å². The van der Waals surface area contributed by atoms with Crippen LogP contribution in [-0.2, 0) is 24.2 Å². The average molecular weight is 479 g/mol. The number of nitrogens with one attached hydrogen (secondary N) is 1. The first-order chi connectivity index (χ1) is 15.5. The third-order valence-corrected chi connectivity index (χ3v) is 7.05. The number of likely N-dealkylation sites (tertiary alicyclic amines) is 2. The predicted octanol–water partition coefficient (Wildman–Crippen LogP) is 4.25. The number of fused-ring (bicyclic) bond motifs is 1. The second-order valence-corrected chi connectivity index (χ2v) is 9.28. The number of carbonyl (C=O) groups is 1. The fourth-order valence-corrected chi connectivity index (χ4v) is 5.20. The quantitative estimate of drug-likeness (QED) is 0.659. The van der Waals surface area contributed by atoms with Gasteiger partial charge >= 0.3 is 18.4 Å². The van der Waals surface area contributed by atoms with Crippen molar-refractivity contribution in [2.75, 3.05) is 32.7 Å². The fourth-order valence-electron chi connectivity index (χ4n) is 5.20. The summed E-state index contributed by atoms with van der Waals surface area (Å²) in [4.78, 5) is 15.3. The van der Waals surface area contributed by atoms with Crippen molar-refractivity contribution in [2.45, 2.75) is 57.2 Å². The number of rotatable bonds is 3. The lowest BCUT2D eigenvalue weighted by Gasteiger charge is -2.39. The van der Waals surface area contributed by atoms with Crippen LogP contribution in [0.25, 0.3) is 0 Å². The summed E-state index contributed by atoms with van der Waals surface area (Å²) >= 11 is 0. The summed E-state index contributed by atoms with van der Waals surface area (Å²) in [6.07, 6.45) is -14.2. The highest BCUT2D eigenvalue weighted by Crippen LogP contribution is 2.42. The van der Waals surface area contributed by atoms with E-state index in [-0.39, 0.29) is 18.5 Å². The fraction of sp³-hybridized carbons (Fsp3) is 0.682. The Balaban J connectivity index is 1.32. The zero-order valence-corrected chi connectivity index (χ0v) is 18.1. The smallest absolute Gasteiger partial charge is 0.426 e. The van der Waals surface area contributed by atoms with Gasteiger partial charge in [-0.15, -0.1) is 0 Å². The lowest BCUT2D eigenvalue weighted by atomic mass is 9.78. The summed E-state index contributed by atoms with van der Waals surface area (Å²) in [5.41, 5.74) is 3.90. The van der Waals surface area contributed by atoms with E-state index < -0.39 is 24.5 Å². The molecular weight excluding hydrogens is 452 g/mol. The van der Waals surface area contributed by atoms with Crippen LogP contribution in [0.15, 0.2) is 18.2 Å². The molecule has 1 amide bonds. The van der Waals surface area contributed by atoms with E-state index in [2.05, 4.69) is 33.2 Å². The molecule has 0 atom stereocenters. The molecule has 2 saturated heterocycles. The Morgan fingerprint density at radius 1 is 1.06 bits per heavy atom. The standard InChI is InChI=1S/C22H27F6N3O2/c23-21(24,25)18(22(26,27)28)33-19(32)31-10-6-20(7-11-31)5-9-30(14-20)13-16-3-1-2-15-4-8-29-12-17(15)16/h1-3,18,29H,4-14H2. The minimum Gasteiger partial charge on any atom is -0.426 e. The van der Waals surface area contributed by atoms with E-state index in [1.54, 1.807) is 0 Å². The molecule has 184 valence electrons. The summed E-state index contributed by atoms with van der Waals surface area (Å²) in [7, 11) is 0. The molecule has 33 heavy (non-hydrogen) atoms. The molecular formula is C22H27F6N3O2. The second kappa shape index (κ2) is 8.98. The number of ether oxygens (including phenoxy) is 1. The zero-order chi connectivity index (χ0) is 23.9. The van der Waals surface area contributed by atoms with E-state index in [4.69, 9.17) is 0 Å². The highest BCUT2D eigenvalue weighted by molar-refractivity contribution is 5.68. The van der Waals surface area contributed by atoms with Gasteiger partial charge in [-0.1, -0.05) is 18.2 Å². The van der Waals surface area contributed by atoms with Gasteiger partial charge in [-0.05, 0) is 60.9 Å². The molecule has 2 fully saturated rings. The van der Waals surface area contributed by atoms with Gasteiger partial charge in [-0.25, -0.2) is 4.79 Å². The number of halogens is 6. The highest BCUT2D eigenvalue weighted by atomic mass is 19.4. The summed E-state index contributed by atoms with van der Waals surface area (Å²) < 4.78 is 80.0. The normalized spacial score (nSPS) is 21.5. The Morgan fingerprint density at radius 2 is 1.73 bits per heavy atom. The Hall–Kier alpha value is -2.01. The first-order valence-electron chi connectivity index (χ1n) is 11.1. The van der Waals surface area contributed by atoms with Crippen molar-refractivity contribution in [1.82, 2.24) is 15.1 Å². The van der Waals surface area contributed by atoms with Crippen molar-refractivity contribution in [1.29, 1.82) is 0 Å². The van der Waals surface area contributed by atoms with Gasteiger partial charge in [0.05, 0.1) is 0 Å². The maximum Gasteiger partial charge on any atom is 0.434 e. The summed E-state index contributed by atoms with van der Waals surface area (Å²) in [5.74, 6) is 0. The number of benzene rings is 1. The number of alkyl halides is 6. The molecule has 1 aromatic rings. The van der Waals surface area contributed by atoms with Crippen LogP contribution in [0.5, 0.6) is 0 Å². The Bertz CT molecular complexity index is 851.